The highest BCUT2D eigenvalue weighted by molar-refractivity contribution is 6.31. The molecule has 13 nitrogen and oxygen atoms in total. The molecule has 6 aliphatic rings. The lowest BCUT2D eigenvalue weighted by molar-refractivity contribution is -0.130. The van der Waals surface area contributed by atoms with Gasteiger partial charge in [-0.25, -0.2) is 32.3 Å². The Kier molecular flexibility index (Phi) is 18.0. The summed E-state index contributed by atoms with van der Waals surface area (Å²) in [5.41, 5.74) is 7.08. The number of benzene rings is 3. The van der Waals surface area contributed by atoms with Crippen LogP contribution in [0.1, 0.15) is 155 Å². The average Bonchev–Trinajstić information content (AvgIpc) is 1.54. The predicted octanol–water partition coefficient (Wildman–Crippen LogP) is 13.5. The molecule has 2 aliphatic heterocycles. The Morgan fingerprint density at radius 2 is 1.53 bits per heavy atom. The quantitative estimate of drug-likeness (QED) is 0.0710. The number of aromatic nitrogens is 5. The van der Waals surface area contributed by atoms with Gasteiger partial charge in [0.2, 0.25) is 0 Å². The molecule has 0 bridgehead atoms. The molecule has 2 spiro atoms. The second kappa shape index (κ2) is 25.0. The van der Waals surface area contributed by atoms with Gasteiger partial charge in [0.05, 0.1) is 41.2 Å². The van der Waals surface area contributed by atoms with Crippen molar-refractivity contribution in [3.63, 3.8) is 0 Å². The first-order valence-electron chi connectivity index (χ1n) is 31.4. The summed E-state index contributed by atoms with van der Waals surface area (Å²) in [6.07, 6.45) is 9.80. The number of carboxylic acids is 1. The third-order valence-electron chi connectivity index (χ3n) is 19.8. The van der Waals surface area contributed by atoms with Crippen LogP contribution in [0.3, 0.4) is 0 Å². The number of aliphatic carboxylic acids is 1. The Balaban J connectivity index is 0.000000197. The Hall–Kier alpha value is -6.84. The molecule has 6 aromatic rings. The van der Waals surface area contributed by atoms with Crippen molar-refractivity contribution >= 4 is 34.7 Å². The molecule has 3 aromatic heterocycles. The zero-order valence-corrected chi connectivity index (χ0v) is 54.3. The summed E-state index contributed by atoms with van der Waals surface area (Å²) in [6.45, 7) is 21.0. The monoisotopic (exact) mass is 1270 g/mol. The number of aryl methyl sites for hydroxylation is 4. The Labute approximate surface area is 533 Å². The summed E-state index contributed by atoms with van der Waals surface area (Å²) in [5, 5.41) is 11.0. The van der Waals surface area contributed by atoms with Gasteiger partial charge in [0.25, 0.3) is 17.0 Å². The molecule has 1 N–H and O–H groups in total. The van der Waals surface area contributed by atoms with Crippen molar-refractivity contribution in [1.82, 2.24) is 33.9 Å². The maximum absolute atomic E-state index is 14.2. The average molecular weight is 1270 g/mol. The Morgan fingerprint density at radius 1 is 0.844 bits per heavy atom. The molecule has 12 rings (SSSR count). The van der Waals surface area contributed by atoms with E-state index in [0.717, 1.165) is 91.4 Å². The second-order valence-corrected chi connectivity index (χ2v) is 27.9. The van der Waals surface area contributed by atoms with Gasteiger partial charge in [-0.05, 0) is 195 Å². The first kappa shape index (κ1) is 64.7. The number of pyridine rings is 1. The number of allylic oxidation sites excluding steroid dienone is 1. The molecule has 4 aliphatic carbocycles. The van der Waals surface area contributed by atoms with Crippen molar-refractivity contribution in [2.45, 2.75) is 187 Å². The number of hydrogen-bond donors (Lipinski definition) is 1. The number of fused-ring (bicyclic) bond motifs is 3. The Bertz CT molecular complexity index is 4040. The summed E-state index contributed by atoms with van der Waals surface area (Å²) >= 11 is 12.7. The fourth-order valence-corrected chi connectivity index (χ4v) is 14.8. The fourth-order valence-electron chi connectivity index (χ4n) is 14.5. The number of hydrogen-bond acceptors (Lipinski definition) is 10. The highest BCUT2D eigenvalue weighted by atomic mass is 35.5. The smallest absolute Gasteiger partial charge is 0.337 e. The van der Waals surface area contributed by atoms with Crippen LogP contribution in [0.2, 0.25) is 10.0 Å². The van der Waals surface area contributed by atoms with Crippen LogP contribution in [0.5, 0.6) is 11.5 Å². The highest BCUT2D eigenvalue weighted by Crippen LogP contribution is 2.65. The molecule has 476 valence electrons. The van der Waals surface area contributed by atoms with Gasteiger partial charge in [-0.3, -0.25) is 33.5 Å². The Morgan fingerprint density at radius 3 is 2.21 bits per heavy atom. The van der Waals surface area contributed by atoms with Crippen LogP contribution in [-0.4, -0.2) is 101 Å². The summed E-state index contributed by atoms with van der Waals surface area (Å²) < 4.78 is 71.6. The molecule has 3 aromatic carbocycles. The van der Waals surface area contributed by atoms with Crippen LogP contribution in [0.25, 0.3) is 16.7 Å². The lowest BCUT2D eigenvalue weighted by Gasteiger charge is -2.48. The van der Waals surface area contributed by atoms with E-state index in [1.54, 1.807) is 34.3 Å². The van der Waals surface area contributed by atoms with Crippen LogP contribution in [0.4, 0.5) is 17.6 Å². The van der Waals surface area contributed by atoms with Crippen molar-refractivity contribution in [1.29, 1.82) is 0 Å². The summed E-state index contributed by atoms with van der Waals surface area (Å²) in [5.74, 6) is 3.43. The summed E-state index contributed by atoms with van der Waals surface area (Å²) in [6, 6.07) is 16.5. The summed E-state index contributed by atoms with van der Waals surface area (Å²) in [7, 11) is 0. The molecule has 4 fully saturated rings. The number of likely N-dealkylation sites (tertiary alicyclic amines) is 2. The highest BCUT2D eigenvalue weighted by Gasteiger charge is 2.72. The van der Waals surface area contributed by atoms with Gasteiger partial charge in [-0.15, -0.1) is 0 Å². The van der Waals surface area contributed by atoms with Crippen molar-refractivity contribution in [2.24, 2.45) is 5.41 Å². The van der Waals surface area contributed by atoms with Crippen LogP contribution >= 0.6 is 23.2 Å². The standard InChI is InChI=1S/C41H43ClF2N4O5.C30H36ClF2N3O/c1-5-30(40(50)51)37-24(3)31(18-23(2)45-37)32-19-26(42)6-8-35(32)52-17-16-48-25(4)46-38-33(39(48)49)21-28(22-41(38)12-13-41)47-14-10-29(11-15-47)53-36-9-7-27(43)20-34(36)44;1-20-34-25-11-13-28(5,35-14-7-12-29(19-35)18-30(29,32)33)17-23(25)26(37)36(20)15-6-8-21-9-10-22(31)16-24(21)27(2,3)4/h5-9,18-20,28-29H,10-17,21-22H2,1-4H3,(H,50,51);9-10,16H,7,11-15,17-19H2,1-5H3/b30-5+;/t;28?,29-/m.1/s1. The largest absolute Gasteiger partial charge is 0.491 e. The summed E-state index contributed by atoms with van der Waals surface area (Å²) in [4.78, 5) is 58.9. The number of halogens is 6. The second-order valence-electron chi connectivity index (χ2n) is 27.1. The molecule has 3 atom stereocenters. The van der Waals surface area contributed by atoms with E-state index in [4.69, 9.17) is 42.6 Å². The molecule has 19 heteroatoms. The predicted molar refractivity (Wildman–Crippen MR) is 342 cm³/mol. The first-order chi connectivity index (χ1) is 42.6. The lowest BCUT2D eigenvalue weighted by atomic mass is 9.78. The number of carboxylic acid groups (broad SMARTS) is 1. The number of rotatable bonds is 12. The number of carbonyl (C=O) groups is 1. The molecular formula is C71H79Cl2F4N7O6. The van der Waals surface area contributed by atoms with Gasteiger partial charge in [0.15, 0.2) is 11.6 Å². The molecule has 2 saturated heterocycles. The van der Waals surface area contributed by atoms with Gasteiger partial charge in [-0.1, -0.05) is 61.9 Å². The van der Waals surface area contributed by atoms with Crippen LogP contribution in [0, 0.1) is 56.6 Å². The maximum atomic E-state index is 14.2. The number of piperidine rings is 2. The van der Waals surface area contributed by atoms with Crippen molar-refractivity contribution in [2.75, 3.05) is 32.8 Å². The van der Waals surface area contributed by atoms with Gasteiger partial charge in [0.1, 0.15) is 35.9 Å². The van der Waals surface area contributed by atoms with E-state index in [9.17, 15) is 37.1 Å². The first-order valence-corrected chi connectivity index (χ1v) is 32.2. The molecule has 2 saturated carbocycles. The minimum Gasteiger partial charge on any atom is -0.491 e. The van der Waals surface area contributed by atoms with Crippen molar-refractivity contribution in [3.05, 3.63) is 171 Å². The van der Waals surface area contributed by atoms with Crippen LogP contribution in [0.15, 0.2) is 76.3 Å². The molecule has 90 heavy (non-hydrogen) atoms. The van der Waals surface area contributed by atoms with E-state index >= 15 is 0 Å². The molecular weight excluding hydrogens is 1190 g/mol. The topological polar surface area (TPSA) is 145 Å². The number of ether oxygens (including phenoxy) is 2. The number of nitrogens with zero attached hydrogens (tertiary/aromatic N) is 7. The van der Waals surface area contributed by atoms with Crippen molar-refractivity contribution < 1.29 is 36.9 Å². The zero-order valence-electron chi connectivity index (χ0n) is 52.8. The van der Waals surface area contributed by atoms with Gasteiger partial charge in [0, 0.05) is 87.1 Å². The van der Waals surface area contributed by atoms with E-state index in [1.807, 2.05) is 52.0 Å². The van der Waals surface area contributed by atoms with Gasteiger partial charge < -0.3 is 14.6 Å². The van der Waals surface area contributed by atoms with E-state index in [0.29, 0.717) is 101 Å². The van der Waals surface area contributed by atoms with E-state index < -0.39 is 28.9 Å². The third kappa shape index (κ3) is 13.0. The molecule has 2 unspecified atom stereocenters. The van der Waals surface area contributed by atoms with E-state index in [2.05, 4.69) is 54.3 Å². The minimum absolute atomic E-state index is 0.0000597. The fraction of sp³-hybridized carbons (Fsp3) is 0.493. The zero-order chi connectivity index (χ0) is 64.4. The molecule has 0 amide bonds. The minimum atomic E-state index is -2.55. The third-order valence-corrected chi connectivity index (χ3v) is 20.3. The van der Waals surface area contributed by atoms with E-state index in [1.165, 1.54) is 18.2 Å². The normalized spacial score (nSPS) is 22.0. The van der Waals surface area contributed by atoms with Crippen LogP contribution < -0.4 is 20.6 Å². The van der Waals surface area contributed by atoms with Gasteiger partial charge in [-0.2, -0.15) is 0 Å². The van der Waals surface area contributed by atoms with Crippen LogP contribution in [-0.2, 0) is 48.0 Å². The lowest BCUT2D eigenvalue weighted by Crippen LogP contribution is -2.56. The van der Waals surface area contributed by atoms with Gasteiger partial charge >= 0.3 is 5.97 Å². The SMILES string of the molecule is C/C=C(/C(=O)O)c1nc(C)cc(-c2cc(Cl)ccc2OCCn2c(C)nc3c(c2=O)CC(N2CCC(Oc4ccc(F)cc4F)CC2)CC32CC2)c1C.Cc1nc2c(c(=O)n1CC#Cc1ccc(Cl)cc1C(C)(C)C)CC(C)(N1CCC[C@]3(C1)CC3(F)F)CC2. The molecule has 5 heterocycles. The molecule has 0 radical (unpaired) electrons. The van der Waals surface area contributed by atoms with Crippen molar-refractivity contribution in [3.8, 4) is 34.5 Å². The maximum Gasteiger partial charge on any atom is 0.337 e. The number of alkyl halides is 2. The van der Waals surface area contributed by atoms with E-state index in [-0.39, 0.29) is 77.1 Å².